The van der Waals surface area contributed by atoms with Crippen molar-refractivity contribution in [2.45, 2.75) is 12.2 Å². The number of aromatic nitrogens is 3. The fraction of sp³-hybridized carbons (Fsp3) is 0.0714. The Morgan fingerprint density at radius 2 is 1.71 bits per heavy atom. The molecule has 0 radical (unpaired) electrons. The maximum atomic E-state index is 14.2. The van der Waals surface area contributed by atoms with Crippen molar-refractivity contribution in [3.63, 3.8) is 0 Å². The van der Waals surface area contributed by atoms with Crippen molar-refractivity contribution in [1.82, 2.24) is 19.7 Å². The van der Waals surface area contributed by atoms with Gasteiger partial charge in [-0.25, -0.2) is 18.7 Å². The van der Waals surface area contributed by atoms with E-state index in [9.17, 15) is 31.5 Å². The molecule has 0 saturated heterocycles. The third kappa shape index (κ3) is 4.92. The molecule has 3 aromatic carbocycles. The van der Waals surface area contributed by atoms with Crippen molar-refractivity contribution in [3.05, 3.63) is 117 Å². The lowest BCUT2D eigenvalue weighted by Gasteiger charge is -2.19. The second-order valence-electron chi connectivity index (χ2n) is 9.33. The van der Waals surface area contributed by atoms with Crippen LogP contribution < -0.4 is 10.6 Å². The molecule has 2 aromatic heterocycles. The highest BCUT2D eigenvalue weighted by molar-refractivity contribution is 6.31. The third-order valence-electron chi connectivity index (χ3n) is 6.65. The van der Waals surface area contributed by atoms with Gasteiger partial charge in [0.1, 0.15) is 16.8 Å². The molecule has 1 unspecified atom stereocenters. The fourth-order valence-corrected chi connectivity index (χ4v) is 5.15. The molecule has 1 aliphatic rings. The Bertz CT molecular complexity index is 1940. The summed E-state index contributed by atoms with van der Waals surface area (Å²) in [6, 6.07) is 6.88. The van der Waals surface area contributed by atoms with Crippen molar-refractivity contribution >= 4 is 46.5 Å². The molecule has 1 atom stereocenters. The highest BCUT2D eigenvalue weighted by Crippen LogP contribution is 2.42. The van der Waals surface area contributed by atoms with Crippen LogP contribution >= 0.6 is 23.2 Å². The summed E-state index contributed by atoms with van der Waals surface area (Å²) in [6.07, 6.45) is -0.492. The number of rotatable bonds is 4. The van der Waals surface area contributed by atoms with Crippen molar-refractivity contribution < 1.29 is 31.5 Å². The Balaban J connectivity index is 1.52. The number of benzene rings is 3. The largest absolute Gasteiger partial charge is 0.416 e. The van der Waals surface area contributed by atoms with Gasteiger partial charge in [0, 0.05) is 50.9 Å². The minimum atomic E-state index is -4.91. The first kappa shape index (κ1) is 27.6. The molecule has 212 valence electrons. The Hall–Kier alpha value is -4.55. The highest BCUT2D eigenvalue weighted by atomic mass is 35.5. The van der Waals surface area contributed by atoms with E-state index in [4.69, 9.17) is 23.2 Å². The molecule has 2 amide bonds. The monoisotopic (exact) mass is 617 g/mol. The number of nitrogens with one attached hydrogen (secondary N) is 2. The van der Waals surface area contributed by atoms with E-state index < -0.39 is 46.8 Å². The normalized spacial score (nSPS) is 14.6. The molecule has 0 spiro atoms. The van der Waals surface area contributed by atoms with E-state index in [1.54, 1.807) is 6.20 Å². The number of anilines is 1. The molecule has 0 bridgehead atoms. The number of halogens is 7. The van der Waals surface area contributed by atoms with E-state index in [1.165, 1.54) is 35.0 Å². The highest BCUT2D eigenvalue weighted by Gasteiger charge is 2.36. The summed E-state index contributed by atoms with van der Waals surface area (Å²) >= 11 is 12.5. The summed E-state index contributed by atoms with van der Waals surface area (Å²) < 4.78 is 69.7. The van der Waals surface area contributed by atoms with Crippen LogP contribution in [0.4, 0.5) is 27.6 Å². The zero-order valence-corrected chi connectivity index (χ0v) is 22.2. The minimum Gasteiger partial charge on any atom is -0.341 e. The van der Waals surface area contributed by atoms with Gasteiger partial charge in [0.2, 0.25) is 5.78 Å². The number of fused-ring (bicyclic) bond motifs is 2. The molecule has 7 nitrogen and oxygen atoms in total. The second-order valence-corrected chi connectivity index (χ2v) is 10.1. The molecule has 0 aliphatic carbocycles. The van der Waals surface area contributed by atoms with Gasteiger partial charge in [-0.3, -0.25) is 14.0 Å². The van der Waals surface area contributed by atoms with E-state index in [2.05, 4.69) is 20.6 Å². The topological polar surface area (TPSA) is 88.4 Å². The number of hydrogen-bond acceptors (Lipinski definition) is 4. The van der Waals surface area contributed by atoms with Crippen LogP contribution in [0.15, 0.2) is 67.1 Å². The average molecular weight is 618 g/mol. The smallest absolute Gasteiger partial charge is 0.341 e. The number of carbonyl (C=O) groups excluding carboxylic acids is 2. The van der Waals surface area contributed by atoms with Gasteiger partial charge >= 0.3 is 6.18 Å². The maximum Gasteiger partial charge on any atom is 0.416 e. The van der Waals surface area contributed by atoms with Crippen molar-refractivity contribution in [2.24, 2.45) is 0 Å². The van der Waals surface area contributed by atoms with Crippen LogP contribution in [0.2, 0.25) is 10.2 Å². The lowest BCUT2D eigenvalue weighted by atomic mass is 9.93. The van der Waals surface area contributed by atoms with E-state index >= 15 is 0 Å². The molecule has 2 N–H and O–H groups in total. The molecule has 3 heterocycles. The van der Waals surface area contributed by atoms with Crippen LogP contribution in [0, 0.1) is 11.6 Å². The lowest BCUT2D eigenvalue weighted by Crippen LogP contribution is -2.21. The second kappa shape index (κ2) is 10.1. The molecular formula is C28H14Cl2F5N5O2. The predicted octanol–water partition coefficient (Wildman–Crippen LogP) is 7.09. The zero-order valence-electron chi connectivity index (χ0n) is 20.7. The van der Waals surface area contributed by atoms with E-state index in [0.29, 0.717) is 29.0 Å². The molecular weight excluding hydrogens is 604 g/mol. The number of imidazole rings is 1. The maximum absolute atomic E-state index is 14.2. The van der Waals surface area contributed by atoms with Gasteiger partial charge in [-0.2, -0.15) is 13.2 Å². The van der Waals surface area contributed by atoms with Gasteiger partial charge in [-0.15, -0.1) is 0 Å². The summed E-state index contributed by atoms with van der Waals surface area (Å²) in [7, 11) is 0. The van der Waals surface area contributed by atoms with Crippen LogP contribution in [0.25, 0.3) is 16.9 Å². The summed E-state index contributed by atoms with van der Waals surface area (Å²) in [5, 5.41) is 5.57. The Labute approximate surface area is 242 Å². The van der Waals surface area contributed by atoms with Gasteiger partial charge in [-0.05, 0) is 54.1 Å². The van der Waals surface area contributed by atoms with Crippen LogP contribution in [-0.4, -0.2) is 26.2 Å². The zero-order chi connectivity index (χ0) is 29.9. The summed E-state index contributed by atoms with van der Waals surface area (Å²) in [5.41, 5.74) is -0.787. The first-order valence-electron chi connectivity index (χ1n) is 12.0. The number of carbonyl (C=O) groups is 2. The molecule has 1 aliphatic heterocycles. The fourth-order valence-electron chi connectivity index (χ4n) is 4.75. The number of alkyl halides is 3. The lowest BCUT2D eigenvalue weighted by molar-refractivity contribution is -0.137. The predicted molar refractivity (Wildman–Crippen MR) is 144 cm³/mol. The van der Waals surface area contributed by atoms with Gasteiger partial charge in [0.25, 0.3) is 11.8 Å². The van der Waals surface area contributed by atoms with Crippen LogP contribution in [0.3, 0.4) is 0 Å². The van der Waals surface area contributed by atoms with Gasteiger partial charge < -0.3 is 10.6 Å². The number of amides is 2. The summed E-state index contributed by atoms with van der Waals surface area (Å²) in [5.74, 6) is -3.30. The SMILES string of the molecule is O=C(Nc1cc(-c2cnc3ncc(Cl)n3c2)cc2c1C(c1cc(F)ccc1Cl)NC2=O)c1cc(F)cc(C(F)(F)F)c1. The van der Waals surface area contributed by atoms with Crippen LogP contribution in [0.5, 0.6) is 0 Å². The van der Waals surface area contributed by atoms with Crippen molar-refractivity contribution in [2.75, 3.05) is 5.32 Å². The quantitative estimate of drug-likeness (QED) is 0.211. The molecule has 42 heavy (non-hydrogen) atoms. The van der Waals surface area contributed by atoms with Crippen molar-refractivity contribution in [3.8, 4) is 11.1 Å². The standard InChI is InChI=1S/C28H14Cl2F5N5O2/c29-20-2-1-16(31)8-18(20)24-23-19(26(42)39-24)5-12(14-9-36-27-37-10-22(30)40(27)11-14)6-21(23)38-25(41)13-3-15(28(33,34)35)7-17(32)4-13/h1-11,24H,(H,38,41)(H,39,42). The minimum absolute atomic E-state index is 0.0224. The molecule has 0 saturated carbocycles. The first-order valence-corrected chi connectivity index (χ1v) is 12.8. The Morgan fingerprint density at radius 1 is 0.952 bits per heavy atom. The summed E-state index contributed by atoms with van der Waals surface area (Å²) in [6.45, 7) is 0. The van der Waals surface area contributed by atoms with Gasteiger partial charge in [0.15, 0.2) is 0 Å². The van der Waals surface area contributed by atoms with Gasteiger partial charge in [-0.1, -0.05) is 23.2 Å². The number of nitrogens with zero attached hydrogens (tertiary/aromatic N) is 3. The van der Waals surface area contributed by atoms with Gasteiger partial charge in [0.05, 0.1) is 17.8 Å². The van der Waals surface area contributed by atoms with Crippen molar-refractivity contribution in [1.29, 1.82) is 0 Å². The first-order chi connectivity index (χ1) is 19.9. The molecule has 0 fully saturated rings. The van der Waals surface area contributed by atoms with E-state index in [1.807, 2.05) is 0 Å². The van der Waals surface area contributed by atoms with Crippen LogP contribution in [-0.2, 0) is 6.18 Å². The molecule has 5 aromatic rings. The Morgan fingerprint density at radius 3 is 2.48 bits per heavy atom. The Kier molecular flexibility index (Phi) is 6.62. The van der Waals surface area contributed by atoms with E-state index in [-0.39, 0.29) is 38.6 Å². The average Bonchev–Trinajstić information content (AvgIpc) is 3.48. The molecule has 6 rings (SSSR count). The van der Waals surface area contributed by atoms with E-state index in [0.717, 1.165) is 12.1 Å². The third-order valence-corrected chi connectivity index (χ3v) is 7.27. The summed E-state index contributed by atoms with van der Waals surface area (Å²) in [4.78, 5) is 34.7. The van der Waals surface area contributed by atoms with Crippen LogP contribution in [0.1, 0.15) is 43.4 Å². The molecule has 14 heteroatoms. The number of hydrogen-bond donors (Lipinski definition) is 2.